The molecule has 0 aromatic heterocycles. The van der Waals surface area contributed by atoms with E-state index < -0.39 is 0 Å². The largest absolute Gasteiger partial charge is 0.382 e. The first-order valence-electron chi connectivity index (χ1n) is 6.48. The second-order valence-electron chi connectivity index (χ2n) is 5.07. The molecule has 1 aliphatic carbocycles. The fourth-order valence-corrected chi connectivity index (χ4v) is 2.75. The maximum absolute atomic E-state index is 12.8. The molecule has 0 heterocycles. The van der Waals surface area contributed by atoms with Gasteiger partial charge in [-0.3, -0.25) is 0 Å². The van der Waals surface area contributed by atoms with Crippen LogP contribution in [0.15, 0.2) is 48.5 Å². The minimum absolute atomic E-state index is 0.198. The van der Waals surface area contributed by atoms with Crippen LogP contribution in [0.2, 0.25) is 5.02 Å². The van der Waals surface area contributed by atoms with E-state index in [4.69, 9.17) is 11.6 Å². The molecule has 1 saturated carbocycles. The van der Waals surface area contributed by atoms with Crippen LogP contribution in [-0.4, -0.2) is 6.04 Å². The van der Waals surface area contributed by atoms with Gasteiger partial charge < -0.3 is 5.32 Å². The van der Waals surface area contributed by atoms with Crippen molar-refractivity contribution in [3.05, 3.63) is 64.9 Å². The summed E-state index contributed by atoms with van der Waals surface area (Å²) in [7, 11) is 0. The second-order valence-corrected chi connectivity index (χ2v) is 5.51. The van der Waals surface area contributed by atoms with Gasteiger partial charge >= 0.3 is 0 Å². The van der Waals surface area contributed by atoms with E-state index in [2.05, 4.69) is 11.4 Å². The van der Waals surface area contributed by atoms with Crippen molar-refractivity contribution in [2.75, 3.05) is 5.32 Å². The molecule has 0 unspecified atom stereocenters. The summed E-state index contributed by atoms with van der Waals surface area (Å²) in [6.45, 7) is 0. The number of halogens is 2. The molecule has 0 bridgehead atoms. The summed E-state index contributed by atoms with van der Waals surface area (Å²) >= 11 is 6.00. The number of hydrogen-bond acceptors (Lipinski definition) is 1. The zero-order valence-electron chi connectivity index (χ0n) is 10.4. The lowest BCUT2D eigenvalue weighted by atomic mass is 9.76. The highest BCUT2D eigenvalue weighted by molar-refractivity contribution is 6.30. The van der Waals surface area contributed by atoms with Crippen molar-refractivity contribution in [3.63, 3.8) is 0 Å². The molecule has 1 N–H and O–H groups in total. The first kappa shape index (κ1) is 12.5. The van der Waals surface area contributed by atoms with Gasteiger partial charge in [0.05, 0.1) is 0 Å². The van der Waals surface area contributed by atoms with Crippen molar-refractivity contribution in [3.8, 4) is 0 Å². The molecule has 98 valence electrons. The number of anilines is 1. The van der Waals surface area contributed by atoms with Gasteiger partial charge in [-0.05, 0) is 60.7 Å². The van der Waals surface area contributed by atoms with Gasteiger partial charge in [0.15, 0.2) is 0 Å². The van der Waals surface area contributed by atoms with Gasteiger partial charge in [0.25, 0.3) is 0 Å². The van der Waals surface area contributed by atoms with E-state index in [-0.39, 0.29) is 5.82 Å². The van der Waals surface area contributed by atoms with Crippen molar-refractivity contribution in [2.24, 2.45) is 0 Å². The van der Waals surface area contributed by atoms with Crippen molar-refractivity contribution >= 4 is 17.3 Å². The van der Waals surface area contributed by atoms with Gasteiger partial charge in [0, 0.05) is 16.8 Å². The maximum atomic E-state index is 12.8. The van der Waals surface area contributed by atoms with Gasteiger partial charge in [-0.25, -0.2) is 4.39 Å². The van der Waals surface area contributed by atoms with Crippen molar-refractivity contribution < 1.29 is 4.39 Å². The van der Waals surface area contributed by atoms with E-state index in [0.29, 0.717) is 12.0 Å². The molecule has 3 rings (SSSR count). The third-order valence-electron chi connectivity index (χ3n) is 3.67. The molecular formula is C16H15ClFN. The molecule has 3 heteroatoms. The summed E-state index contributed by atoms with van der Waals surface area (Å²) in [6.07, 6.45) is 2.19. The molecule has 0 atom stereocenters. The maximum Gasteiger partial charge on any atom is 0.123 e. The molecule has 0 spiro atoms. The predicted molar refractivity (Wildman–Crippen MR) is 77.2 cm³/mol. The molecule has 0 amide bonds. The topological polar surface area (TPSA) is 12.0 Å². The first-order chi connectivity index (χ1) is 9.20. The molecular weight excluding hydrogens is 261 g/mol. The number of benzene rings is 2. The fraction of sp³-hybridized carbons (Fsp3) is 0.250. The van der Waals surface area contributed by atoms with Crippen LogP contribution in [0.5, 0.6) is 0 Å². The van der Waals surface area contributed by atoms with Crippen LogP contribution < -0.4 is 5.32 Å². The summed E-state index contributed by atoms with van der Waals surface area (Å²) in [5, 5.41) is 4.22. The van der Waals surface area contributed by atoms with Gasteiger partial charge in [-0.1, -0.05) is 23.7 Å². The normalized spacial score (nSPS) is 21.8. The van der Waals surface area contributed by atoms with Crippen LogP contribution in [-0.2, 0) is 0 Å². The lowest BCUT2D eigenvalue weighted by Crippen LogP contribution is -2.33. The van der Waals surface area contributed by atoms with Crippen LogP contribution in [0, 0.1) is 5.82 Å². The molecule has 0 saturated heterocycles. The molecule has 0 aliphatic heterocycles. The fourth-order valence-electron chi connectivity index (χ4n) is 2.55. The predicted octanol–water partition coefficient (Wildman–Crippen LogP) is 4.84. The van der Waals surface area contributed by atoms with E-state index in [0.717, 1.165) is 23.6 Å². The summed E-state index contributed by atoms with van der Waals surface area (Å²) in [5.74, 6) is 0.382. The molecule has 2 aromatic rings. The van der Waals surface area contributed by atoms with E-state index in [1.54, 1.807) is 12.1 Å². The van der Waals surface area contributed by atoms with Crippen LogP contribution in [0.4, 0.5) is 10.1 Å². The van der Waals surface area contributed by atoms with Crippen LogP contribution in [0.1, 0.15) is 24.3 Å². The van der Waals surface area contributed by atoms with E-state index in [1.165, 1.54) is 17.7 Å². The SMILES string of the molecule is Fc1ccc(NC2CC(c3cccc(Cl)c3)C2)cc1. The lowest BCUT2D eigenvalue weighted by Gasteiger charge is -2.37. The molecule has 1 fully saturated rings. The minimum atomic E-state index is -0.198. The van der Waals surface area contributed by atoms with Crippen LogP contribution in [0.3, 0.4) is 0 Å². The Labute approximate surface area is 117 Å². The summed E-state index contributed by atoms with van der Waals surface area (Å²) in [6, 6.07) is 15.1. The van der Waals surface area contributed by atoms with Crippen molar-refractivity contribution in [1.82, 2.24) is 0 Å². The van der Waals surface area contributed by atoms with Crippen molar-refractivity contribution in [1.29, 1.82) is 0 Å². The Bertz CT molecular complexity index is 561. The Morgan fingerprint density at radius 2 is 1.79 bits per heavy atom. The summed E-state index contributed by atoms with van der Waals surface area (Å²) < 4.78 is 12.8. The highest BCUT2D eigenvalue weighted by atomic mass is 35.5. The Hall–Kier alpha value is -1.54. The van der Waals surface area contributed by atoms with Gasteiger partial charge in [-0.15, -0.1) is 0 Å². The molecule has 19 heavy (non-hydrogen) atoms. The van der Waals surface area contributed by atoms with Crippen LogP contribution >= 0.6 is 11.6 Å². The summed E-state index contributed by atoms with van der Waals surface area (Å²) in [5.41, 5.74) is 2.29. The molecule has 1 nitrogen and oxygen atoms in total. The molecule has 0 radical (unpaired) electrons. The monoisotopic (exact) mass is 275 g/mol. The van der Waals surface area contributed by atoms with Crippen molar-refractivity contribution in [2.45, 2.75) is 24.8 Å². The van der Waals surface area contributed by atoms with Crippen LogP contribution in [0.25, 0.3) is 0 Å². The standard InChI is InChI=1S/C16H15ClFN/c17-13-3-1-2-11(8-13)12-9-16(10-12)19-15-6-4-14(18)5-7-15/h1-8,12,16,19H,9-10H2. The Morgan fingerprint density at radius 1 is 1.05 bits per heavy atom. The van der Waals surface area contributed by atoms with Gasteiger partial charge in [0.1, 0.15) is 5.82 Å². The van der Waals surface area contributed by atoms with Gasteiger partial charge in [-0.2, -0.15) is 0 Å². The number of hydrogen-bond donors (Lipinski definition) is 1. The third-order valence-corrected chi connectivity index (χ3v) is 3.91. The average molecular weight is 276 g/mol. The number of rotatable bonds is 3. The smallest absolute Gasteiger partial charge is 0.123 e. The van der Waals surface area contributed by atoms with E-state index >= 15 is 0 Å². The first-order valence-corrected chi connectivity index (χ1v) is 6.86. The van der Waals surface area contributed by atoms with Gasteiger partial charge in [0.2, 0.25) is 0 Å². The Balaban J connectivity index is 1.57. The highest BCUT2D eigenvalue weighted by Gasteiger charge is 2.30. The highest BCUT2D eigenvalue weighted by Crippen LogP contribution is 2.39. The second kappa shape index (κ2) is 5.22. The zero-order chi connectivity index (χ0) is 13.2. The average Bonchev–Trinajstić information content (AvgIpc) is 2.35. The Kier molecular flexibility index (Phi) is 3.43. The number of nitrogens with one attached hydrogen (secondary N) is 1. The summed E-state index contributed by atoms with van der Waals surface area (Å²) in [4.78, 5) is 0. The minimum Gasteiger partial charge on any atom is -0.382 e. The third kappa shape index (κ3) is 2.90. The lowest BCUT2D eigenvalue weighted by molar-refractivity contribution is 0.374. The van der Waals surface area contributed by atoms with E-state index in [1.807, 2.05) is 18.2 Å². The van der Waals surface area contributed by atoms with E-state index in [9.17, 15) is 4.39 Å². The Morgan fingerprint density at radius 3 is 2.47 bits per heavy atom. The molecule has 2 aromatic carbocycles. The quantitative estimate of drug-likeness (QED) is 0.845. The zero-order valence-corrected chi connectivity index (χ0v) is 11.2. The molecule has 1 aliphatic rings.